The molecule has 4 rings (SSSR count). The van der Waals surface area contributed by atoms with Crippen LogP contribution in [0.1, 0.15) is 35.4 Å². The van der Waals surface area contributed by atoms with Gasteiger partial charge in [0.25, 0.3) is 5.91 Å². The highest BCUT2D eigenvalue weighted by molar-refractivity contribution is 5.94. The summed E-state index contributed by atoms with van der Waals surface area (Å²) in [6.07, 6.45) is 3.99. The molecule has 156 valence electrons. The van der Waals surface area contributed by atoms with Crippen LogP contribution >= 0.6 is 0 Å². The number of amides is 1. The fourth-order valence-corrected chi connectivity index (χ4v) is 4.14. The predicted octanol–water partition coefficient (Wildman–Crippen LogP) is 1.24. The second-order valence-electron chi connectivity index (χ2n) is 7.75. The summed E-state index contributed by atoms with van der Waals surface area (Å²) in [7, 11) is 1.62. The van der Waals surface area contributed by atoms with Gasteiger partial charge >= 0.3 is 5.69 Å². The molecule has 0 spiro atoms. The molecule has 2 aromatic rings. The molecule has 2 aliphatic rings. The summed E-state index contributed by atoms with van der Waals surface area (Å²) in [6.45, 7) is 5.35. The highest BCUT2D eigenvalue weighted by atomic mass is 16.5. The first-order valence-electron chi connectivity index (χ1n) is 10.5. The molecule has 0 unspecified atom stereocenters. The molecule has 0 saturated carbocycles. The number of rotatable bonds is 5. The lowest BCUT2D eigenvalue weighted by molar-refractivity contribution is 0.0761. The van der Waals surface area contributed by atoms with Gasteiger partial charge in [0, 0.05) is 44.7 Å². The maximum Gasteiger partial charge on any atom is 0.345 e. The number of aromatic nitrogens is 3. The van der Waals surface area contributed by atoms with Crippen LogP contribution in [-0.4, -0.2) is 69.9 Å². The number of methoxy groups -OCH3 is 1. The molecule has 3 heterocycles. The molecule has 29 heavy (non-hydrogen) atoms. The van der Waals surface area contributed by atoms with Crippen molar-refractivity contribution in [1.29, 1.82) is 0 Å². The topological polar surface area (TPSA) is 72.6 Å². The molecule has 0 radical (unpaired) electrons. The molecule has 1 amide bonds. The minimum Gasteiger partial charge on any atom is -0.497 e. The molecule has 8 nitrogen and oxygen atoms in total. The van der Waals surface area contributed by atoms with Crippen molar-refractivity contribution in [2.45, 2.75) is 38.8 Å². The third-order valence-corrected chi connectivity index (χ3v) is 5.87. The Morgan fingerprint density at radius 2 is 1.83 bits per heavy atom. The standard InChI is InChI=1S/C21H29N5O3/c1-29-18-8-6-17(7-9-18)20(27)24-11-4-10-23(13-15-24)14-16-26-21(28)25-12-3-2-5-19(25)22-26/h6-9H,2-5,10-16H2,1H3. The molecule has 2 aliphatic heterocycles. The first-order valence-corrected chi connectivity index (χ1v) is 10.5. The maximum atomic E-state index is 12.8. The summed E-state index contributed by atoms with van der Waals surface area (Å²) < 4.78 is 8.60. The summed E-state index contributed by atoms with van der Waals surface area (Å²) in [5.41, 5.74) is 0.709. The van der Waals surface area contributed by atoms with Gasteiger partial charge in [0.2, 0.25) is 0 Å². The summed E-state index contributed by atoms with van der Waals surface area (Å²) in [5, 5.41) is 4.52. The molecule has 1 saturated heterocycles. The number of aryl methyl sites for hydroxylation is 1. The number of carbonyl (C=O) groups is 1. The van der Waals surface area contributed by atoms with Crippen LogP contribution in [0.25, 0.3) is 0 Å². The Balaban J connectivity index is 1.32. The number of benzene rings is 1. The molecule has 1 aromatic heterocycles. The van der Waals surface area contributed by atoms with Gasteiger partial charge in [-0.15, -0.1) is 0 Å². The van der Waals surface area contributed by atoms with E-state index in [2.05, 4.69) is 10.00 Å². The molecular weight excluding hydrogens is 370 g/mol. The van der Waals surface area contributed by atoms with Gasteiger partial charge < -0.3 is 9.64 Å². The van der Waals surface area contributed by atoms with Crippen molar-refractivity contribution in [3.8, 4) is 5.75 Å². The second kappa shape index (κ2) is 8.82. The van der Waals surface area contributed by atoms with Crippen molar-refractivity contribution in [3.05, 3.63) is 46.1 Å². The van der Waals surface area contributed by atoms with Gasteiger partial charge in [-0.3, -0.25) is 14.3 Å². The maximum absolute atomic E-state index is 12.8. The van der Waals surface area contributed by atoms with Crippen molar-refractivity contribution in [1.82, 2.24) is 24.1 Å². The zero-order valence-corrected chi connectivity index (χ0v) is 17.0. The SMILES string of the molecule is COc1ccc(C(=O)N2CCCN(CCn3nc4n(c3=O)CCCC4)CC2)cc1. The molecule has 0 aliphatic carbocycles. The van der Waals surface area contributed by atoms with E-state index in [0.717, 1.165) is 70.0 Å². The number of hydrogen-bond donors (Lipinski definition) is 0. The van der Waals surface area contributed by atoms with Gasteiger partial charge in [0.15, 0.2) is 0 Å². The lowest BCUT2D eigenvalue weighted by atomic mass is 10.2. The number of nitrogens with zero attached hydrogens (tertiary/aromatic N) is 5. The zero-order valence-electron chi connectivity index (χ0n) is 17.0. The predicted molar refractivity (Wildman–Crippen MR) is 109 cm³/mol. The summed E-state index contributed by atoms with van der Waals surface area (Å²) in [5.74, 6) is 1.74. The number of fused-ring (bicyclic) bond motifs is 1. The van der Waals surface area contributed by atoms with Gasteiger partial charge in [-0.25, -0.2) is 9.48 Å². The van der Waals surface area contributed by atoms with Gasteiger partial charge in [-0.1, -0.05) is 0 Å². The molecule has 8 heteroatoms. The Morgan fingerprint density at radius 1 is 1.00 bits per heavy atom. The van der Waals surface area contributed by atoms with Crippen molar-refractivity contribution in [2.75, 3.05) is 39.8 Å². The monoisotopic (exact) mass is 399 g/mol. The third kappa shape index (κ3) is 4.37. The number of ether oxygens (including phenoxy) is 1. The van der Waals surface area contributed by atoms with E-state index in [4.69, 9.17) is 4.74 Å². The van der Waals surface area contributed by atoms with E-state index in [1.165, 1.54) is 0 Å². The summed E-state index contributed by atoms with van der Waals surface area (Å²) in [4.78, 5) is 29.5. The van der Waals surface area contributed by atoms with E-state index in [-0.39, 0.29) is 11.6 Å². The number of carbonyl (C=O) groups excluding carboxylic acids is 1. The molecular formula is C21H29N5O3. The normalized spacial score (nSPS) is 17.6. The highest BCUT2D eigenvalue weighted by Crippen LogP contribution is 2.15. The van der Waals surface area contributed by atoms with E-state index in [1.54, 1.807) is 11.8 Å². The average Bonchev–Trinajstić information content (AvgIpc) is 2.92. The second-order valence-corrected chi connectivity index (χ2v) is 7.75. The summed E-state index contributed by atoms with van der Waals surface area (Å²) >= 11 is 0. The van der Waals surface area contributed by atoms with Crippen molar-refractivity contribution in [2.24, 2.45) is 0 Å². The minimum absolute atomic E-state index is 0.0193. The van der Waals surface area contributed by atoms with E-state index < -0.39 is 0 Å². The van der Waals surface area contributed by atoms with Crippen molar-refractivity contribution < 1.29 is 9.53 Å². The fourth-order valence-electron chi connectivity index (χ4n) is 4.14. The Hall–Kier alpha value is -2.61. The smallest absolute Gasteiger partial charge is 0.345 e. The molecule has 0 bridgehead atoms. The van der Waals surface area contributed by atoms with Crippen LogP contribution in [0.3, 0.4) is 0 Å². The first-order chi connectivity index (χ1) is 14.2. The Bertz CT molecular complexity index is 902. The van der Waals surface area contributed by atoms with Crippen LogP contribution in [0.4, 0.5) is 0 Å². The first kappa shape index (κ1) is 19.7. The molecule has 0 atom stereocenters. The van der Waals surface area contributed by atoms with Crippen LogP contribution in [0.15, 0.2) is 29.1 Å². The largest absolute Gasteiger partial charge is 0.497 e. The summed E-state index contributed by atoms with van der Waals surface area (Å²) in [6, 6.07) is 7.27. The molecule has 1 fully saturated rings. The van der Waals surface area contributed by atoms with Gasteiger partial charge in [-0.05, 0) is 50.1 Å². The number of hydrogen-bond acceptors (Lipinski definition) is 5. The fraction of sp³-hybridized carbons (Fsp3) is 0.571. The van der Waals surface area contributed by atoms with Gasteiger partial charge in [0.05, 0.1) is 13.7 Å². The highest BCUT2D eigenvalue weighted by Gasteiger charge is 2.21. The van der Waals surface area contributed by atoms with Crippen LogP contribution in [0, 0.1) is 0 Å². The van der Waals surface area contributed by atoms with E-state index in [1.807, 2.05) is 33.7 Å². The quantitative estimate of drug-likeness (QED) is 0.756. The molecule has 1 aromatic carbocycles. The van der Waals surface area contributed by atoms with Crippen LogP contribution in [0.5, 0.6) is 5.75 Å². The van der Waals surface area contributed by atoms with Gasteiger partial charge in [0.1, 0.15) is 11.6 Å². The zero-order chi connectivity index (χ0) is 20.2. The van der Waals surface area contributed by atoms with E-state index in [0.29, 0.717) is 18.7 Å². The van der Waals surface area contributed by atoms with E-state index >= 15 is 0 Å². The van der Waals surface area contributed by atoms with Crippen molar-refractivity contribution >= 4 is 5.91 Å². The Labute approximate surface area is 170 Å². The van der Waals surface area contributed by atoms with Crippen LogP contribution in [0.2, 0.25) is 0 Å². The minimum atomic E-state index is 0.0193. The lowest BCUT2D eigenvalue weighted by Gasteiger charge is -2.22. The average molecular weight is 399 g/mol. The third-order valence-electron chi connectivity index (χ3n) is 5.87. The van der Waals surface area contributed by atoms with Crippen LogP contribution < -0.4 is 10.4 Å². The lowest BCUT2D eigenvalue weighted by Crippen LogP contribution is -2.37. The van der Waals surface area contributed by atoms with Crippen molar-refractivity contribution in [3.63, 3.8) is 0 Å². The Morgan fingerprint density at radius 3 is 2.59 bits per heavy atom. The molecule has 0 N–H and O–H groups in total. The van der Waals surface area contributed by atoms with Crippen LogP contribution in [-0.2, 0) is 19.5 Å². The van der Waals surface area contributed by atoms with E-state index in [9.17, 15) is 9.59 Å². The van der Waals surface area contributed by atoms with Gasteiger partial charge in [-0.2, -0.15) is 5.10 Å². The Kier molecular flexibility index (Phi) is 5.99.